The van der Waals surface area contributed by atoms with Crippen LogP contribution in [0.25, 0.3) is 0 Å². The molecule has 1 atom stereocenters. The molecule has 0 aromatic heterocycles. The van der Waals surface area contributed by atoms with Crippen molar-refractivity contribution in [2.24, 2.45) is 0 Å². The molecule has 1 heterocycles. The molecule has 0 radical (unpaired) electrons. The van der Waals surface area contributed by atoms with Gasteiger partial charge in [-0.3, -0.25) is 0 Å². The Morgan fingerprint density at radius 2 is 2.31 bits per heavy atom. The van der Waals surface area contributed by atoms with Gasteiger partial charge in [-0.1, -0.05) is 0 Å². The molecule has 1 aliphatic rings. The number of benzene rings is 1. The third-order valence-corrected chi connectivity index (χ3v) is 2.79. The van der Waals surface area contributed by atoms with Crippen LogP contribution in [0.5, 0.6) is 5.75 Å². The van der Waals surface area contributed by atoms with Gasteiger partial charge in [-0.05, 0) is 19.1 Å². The molecule has 4 heteroatoms. The normalized spacial score (nSPS) is 20.9. The first-order valence-electron chi connectivity index (χ1n) is 5.51. The number of methoxy groups -OCH3 is 1. The number of hydrogen-bond acceptors (Lipinski definition) is 4. The van der Waals surface area contributed by atoms with Gasteiger partial charge in [0.25, 0.3) is 0 Å². The molecule has 0 saturated carbocycles. The Labute approximate surface area is 95.9 Å². The van der Waals surface area contributed by atoms with Crippen molar-refractivity contribution in [3.8, 4) is 5.75 Å². The van der Waals surface area contributed by atoms with Gasteiger partial charge in [0, 0.05) is 24.8 Å². The Hall–Kier alpha value is -1.42. The van der Waals surface area contributed by atoms with Gasteiger partial charge in [0.2, 0.25) is 0 Å². The van der Waals surface area contributed by atoms with Gasteiger partial charge < -0.3 is 20.1 Å². The standard InChI is InChI=1S/C12H18N2O2/c1-9-8-14(5-6-16-9)11-4-3-10(13)7-12(11)15-2/h3-4,7,9H,5-6,8,13H2,1-2H3/t9-/m1/s1. The van der Waals surface area contributed by atoms with Crippen molar-refractivity contribution in [2.45, 2.75) is 13.0 Å². The van der Waals surface area contributed by atoms with Gasteiger partial charge in [0.1, 0.15) is 5.75 Å². The Balaban J connectivity index is 2.24. The number of nitrogen functional groups attached to an aromatic ring is 1. The predicted molar refractivity (Wildman–Crippen MR) is 65.0 cm³/mol. The van der Waals surface area contributed by atoms with E-state index in [0.717, 1.165) is 36.8 Å². The second-order valence-electron chi connectivity index (χ2n) is 4.06. The number of hydrogen-bond donors (Lipinski definition) is 1. The van der Waals surface area contributed by atoms with E-state index < -0.39 is 0 Å². The molecular weight excluding hydrogens is 204 g/mol. The first-order valence-corrected chi connectivity index (χ1v) is 5.51. The highest BCUT2D eigenvalue weighted by atomic mass is 16.5. The number of ether oxygens (including phenoxy) is 2. The largest absolute Gasteiger partial charge is 0.495 e. The van der Waals surface area contributed by atoms with E-state index >= 15 is 0 Å². The fourth-order valence-electron chi connectivity index (χ4n) is 1.99. The predicted octanol–water partition coefficient (Wildman–Crippen LogP) is 1.50. The zero-order chi connectivity index (χ0) is 11.5. The van der Waals surface area contributed by atoms with E-state index in [0.29, 0.717) is 0 Å². The third-order valence-electron chi connectivity index (χ3n) is 2.79. The van der Waals surface area contributed by atoms with Crippen LogP contribution in [-0.4, -0.2) is 32.9 Å². The number of rotatable bonds is 2. The maximum absolute atomic E-state index is 5.74. The maximum atomic E-state index is 5.74. The minimum absolute atomic E-state index is 0.260. The summed E-state index contributed by atoms with van der Waals surface area (Å²) in [7, 11) is 1.67. The molecule has 1 fully saturated rings. The smallest absolute Gasteiger partial charge is 0.144 e. The molecule has 1 aliphatic heterocycles. The van der Waals surface area contributed by atoms with Crippen LogP contribution in [0.2, 0.25) is 0 Å². The number of morpholine rings is 1. The van der Waals surface area contributed by atoms with E-state index in [4.69, 9.17) is 15.2 Å². The summed E-state index contributed by atoms with van der Waals surface area (Å²) >= 11 is 0. The fourth-order valence-corrected chi connectivity index (χ4v) is 1.99. The minimum atomic E-state index is 0.260. The molecule has 0 bridgehead atoms. The summed E-state index contributed by atoms with van der Waals surface area (Å²) in [6, 6.07) is 5.76. The van der Waals surface area contributed by atoms with Gasteiger partial charge in [-0.25, -0.2) is 0 Å². The number of nitrogens with two attached hydrogens (primary N) is 1. The third kappa shape index (κ3) is 2.22. The van der Waals surface area contributed by atoms with Crippen LogP contribution < -0.4 is 15.4 Å². The van der Waals surface area contributed by atoms with E-state index in [-0.39, 0.29) is 6.10 Å². The quantitative estimate of drug-likeness (QED) is 0.770. The Morgan fingerprint density at radius 1 is 1.50 bits per heavy atom. The lowest BCUT2D eigenvalue weighted by molar-refractivity contribution is 0.0531. The lowest BCUT2D eigenvalue weighted by atomic mass is 10.2. The average molecular weight is 222 g/mol. The Morgan fingerprint density at radius 3 is 3.00 bits per heavy atom. The molecule has 0 spiro atoms. The second-order valence-corrected chi connectivity index (χ2v) is 4.06. The second kappa shape index (κ2) is 4.61. The summed E-state index contributed by atoms with van der Waals surface area (Å²) in [4.78, 5) is 2.27. The highest BCUT2D eigenvalue weighted by Gasteiger charge is 2.19. The zero-order valence-electron chi connectivity index (χ0n) is 9.77. The van der Waals surface area contributed by atoms with Crippen LogP contribution in [0.4, 0.5) is 11.4 Å². The number of nitrogens with zero attached hydrogens (tertiary/aromatic N) is 1. The van der Waals surface area contributed by atoms with E-state index in [2.05, 4.69) is 11.8 Å². The summed E-state index contributed by atoms with van der Waals surface area (Å²) < 4.78 is 10.9. The van der Waals surface area contributed by atoms with Gasteiger partial charge in [0.15, 0.2) is 0 Å². The van der Waals surface area contributed by atoms with Crippen LogP contribution in [-0.2, 0) is 4.74 Å². The molecular formula is C12H18N2O2. The SMILES string of the molecule is COc1cc(N)ccc1N1CCO[C@H](C)C1. The molecule has 1 saturated heterocycles. The van der Waals surface area contributed by atoms with Crippen LogP contribution in [0.3, 0.4) is 0 Å². The van der Waals surface area contributed by atoms with Crippen molar-refractivity contribution in [1.29, 1.82) is 0 Å². The van der Waals surface area contributed by atoms with Gasteiger partial charge in [0.05, 0.1) is 25.5 Å². The summed E-state index contributed by atoms with van der Waals surface area (Å²) in [6.07, 6.45) is 0.260. The maximum Gasteiger partial charge on any atom is 0.144 e. The van der Waals surface area contributed by atoms with Crippen LogP contribution in [0.15, 0.2) is 18.2 Å². The highest BCUT2D eigenvalue weighted by molar-refractivity contribution is 5.64. The summed E-state index contributed by atoms with van der Waals surface area (Å²) in [6.45, 7) is 4.62. The van der Waals surface area contributed by atoms with Crippen LogP contribution in [0.1, 0.15) is 6.92 Å². The molecule has 1 aromatic rings. The average Bonchev–Trinajstić information content (AvgIpc) is 2.28. The van der Waals surface area contributed by atoms with E-state index in [1.165, 1.54) is 0 Å². The lowest BCUT2D eigenvalue weighted by Crippen LogP contribution is -2.41. The molecule has 0 unspecified atom stereocenters. The number of anilines is 2. The van der Waals surface area contributed by atoms with Crippen LogP contribution in [0, 0.1) is 0 Å². The van der Waals surface area contributed by atoms with Gasteiger partial charge in [-0.15, -0.1) is 0 Å². The molecule has 4 nitrogen and oxygen atoms in total. The molecule has 88 valence electrons. The van der Waals surface area contributed by atoms with E-state index in [1.807, 2.05) is 18.2 Å². The molecule has 2 N–H and O–H groups in total. The monoisotopic (exact) mass is 222 g/mol. The van der Waals surface area contributed by atoms with E-state index in [9.17, 15) is 0 Å². The zero-order valence-corrected chi connectivity index (χ0v) is 9.77. The topological polar surface area (TPSA) is 47.7 Å². The molecule has 16 heavy (non-hydrogen) atoms. The molecule has 0 aliphatic carbocycles. The van der Waals surface area contributed by atoms with Crippen molar-refractivity contribution < 1.29 is 9.47 Å². The van der Waals surface area contributed by atoms with Crippen molar-refractivity contribution in [1.82, 2.24) is 0 Å². The first-order chi connectivity index (χ1) is 7.70. The van der Waals surface area contributed by atoms with Gasteiger partial charge in [-0.2, -0.15) is 0 Å². The van der Waals surface area contributed by atoms with Gasteiger partial charge >= 0.3 is 0 Å². The first kappa shape index (κ1) is 11.1. The fraction of sp³-hybridized carbons (Fsp3) is 0.500. The van der Waals surface area contributed by atoms with Crippen molar-refractivity contribution >= 4 is 11.4 Å². The molecule has 2 rings (SSSR count). The summed E-state index contributed by atoms with van der Waals surface area (Å²) in [5.74, 6) is 0.828. The Kier molecular flexibility index (Phi) is 3.19. The minimum Gasteiger partial charge on any atom is -0.495 e. The lowest BCUT2D eigenvalue weighted by Gasteiger charge is -2.33. The summed E-state index contributed by atoms with van der Waals surface area (Å²) in [5, 5.41) is 0. The molecule has 0 amide bonds. The van der Waals surface area contributed by atoms with Crippen molar-refractivity contribution in [3.05, 3.63) is 18.2 Å². The van der Waals surface area contributed by atoms with E-state index in [1.54, 1.807) is 7.11 Å². The van der Waals surface area contributed by atoms with Crippen LogP contribution >= 0.6 is 0 Å². The summed E-state index contributed by atoms with van der Waals surface area (Å²) in [5.41, 5.74) is 7.55. The van der Waals surface area contributed by atoms with Crippen molar-refractivity contribution in [2.75, 3.05) is 37.4 Å². The van der Waals surface area contributed by atoms with Crippen molar-refractivity contribution in [3.63, 3.8) is 0 Å². The Bertz CT molecular complexity index is 368. The molecule has 1 aromatic carbocycles. The highest BCUT2D eigenvalue weighted by Crippen LogP contribution is 2.31.